The van der Waals surface area contributed by atoms with Crippen LogP contribution < -0.4 is 10.1 Å². The number of anilines is 1. The van der Waals surface area contributed by atoms with Crippen LogP contribution in [-0.4, -0.2) is 26.4 Å². The Hall–Kier alpha value is -2.51. The summed E-state index contributed by atoms with van der Waals surface area (Å²) in [7, 11) is 0. The molecule has 1 fully saturated rings. The molecule has 0 saturated heterocycles. The number of aromatic nitrogens is 3. The molecule has 28 heavy (non-hydrogen) atoms. The zero-order valence-electron chi connectivity index (χ0n) is 15.0. The minimum Gasteiger partial charge on any atom is -0.484 e. The molecule has 1 aliphatic rings. The maximum Gasteiger partial charge on any atom is 0.234 e. The molecule has 0 radical (unpaired) electrons. The van der Waals surface area contributed by atoms with Crippen molar-refractivity contribution < 1.29 is 9.53 Å². The number of hydrogen-bond donors (Lipinski definition) is 1. The molecule has 0 spiro atoms. The number of nitrogens with one attached hydrogen (secondary N) is 1. The Morgan fingerprint density at radius 1 is 1.14 bits per heavy atom. The SMILES string of the molecule is O=C(CSc1nnc(COc2ccccc2Cl)n1C1CC1)Nc1ccccc1. The highest BCUT2D eigenvalue weighted by atomic mass is 35.5. The standard InChI is InChI=1S/C20H19ClN4O2S/c21-16-8-4-5-9-17(16)27-12-18-23-24-20(25(18)15-10-11-15)28-13-19(26)22-14-6-2-1-3-7-14/h1-9,15H,10-13H2,(H,22,26). The van der Waals surface area contributed by atoms with E-state index in [4.69, 9.17) is 16.3 Å². The lowest BCUT2D eigenvalue weighted by atomic mass is 10.3. The molecule has 6 nitrogen and oxygen atoms in total. The second kappa shape index (κ2) is 8.67. The van der Waals surface area contributed by atoms with Crippen LogP contribution in [0.25, 0.3) is 0 Å². The molecule has 4 rings (SSSR count). The number of halogens is 1. The summed E-state index contributed by atoms with van der Waals surface area (Å²) < 4.78 is 7.90. The third-order valence-corrected chi connectivity index (χ3v) is 5.49. The topological polar surface area (TPSA) is 69.0 Å². The summed E-state index contributed by atoms with van der Waals surface area (Å²) >= 11 is 7.53. The lowest BCUT2D eigenvalue weighted by molar-refractivity contribution is -0.113. The summed E-state index contributed by atoms with van der Waals surface area (Å²) in [6.45, 7) is 0.282. The average Bonchev–Trinajstić information content (AvgIpc) is 3.47. The molecule has 144 valence electrons. The molecule has 8 heteroatoms. The Balaban J connectivity index is 1.39. The second-order valence-electron chi connectivity index (χ2n) is 6.42. The van der Waals surface area contributed by atoms with Gasteiger partial charge >= 0.3 is 0 Å². The van der Waals surface area contributed by atoms with Crippen LogP contribution in [0.3, 0.4) is 0 Å². The molecule has 1 saturated carbocycles. The predicted molar refractivity (Wildman–Crippen MR) is 110 cm³/mol. The van der Waals surface area contributed by atoms with Crippen molar-refractivity contribution in [2.45, 2.75) is 30.6 Å². The molecule has 0 aliphatic heterocycles. The van der Waals surface area contributed by atoms with Crippen LogP contribution in [0, 0.1) is 0 Å². The average molecular weight is 415 g/mol. The van der Waals surface area contributed by atoms with Crippen LogP contribution in [-0.2, 0) is 11.4 Å². The minimum atomic E-state index is -0.0737. The minimum absolute atomic E-state index is 0.0737. The van der Waals surface area contributed by atoms with Crippen molar-refractivity contribution in [2.75, 3.05) is 11.1 Å². The first kappa shape index (κ1) is 18.8. The van der Waals surface area contributed by atoms with Crippen molar-refractivity contribution in [3.05, 3.63) is 65.4 Å². The van der Waals surface area contributed by atoms with Crippen LogP contribution in [0.5, 0.6) is 5.75 Å². The molecule has 1 N–H and O–H groups in total. The molecular formula is C20H19ClN4O2S. The maximum absolute atomic E-state index is 12.2. The van der Waals surface area contributed by atoms with Gasteiger partial charge in [-0.25, -0.2) is 0 Å². The molecular weight excluding hydrogens is 396 g/mol. The van der Waals surface area contributed by atoms with Gasteiger partial charge in [0.2, 0.25) is 5.91 Å². The number of ether oxygens (including phenoxy) is 1. The van der Waals surface area contributed by atoms with Crippen molar-refractivity contribution in [1.29, 1.82) is 0 Å². The fourth-order valence-corrected chi connectivity index (χ4v) is 3.77. The van der Waals surface area contributed by atoms with E-state index in [1.54, 1.807) is 6.07 Å². The molecule has 0 bridgehead atoms. The van der Waals surface area contributed by atoms with E-state index in [9.17, 15) is 4.79 Å². The summed E-state index contributed by atoms with van der Waals surface area (Å²) in [5, 5.41) is 12.7. The number of para-hydroxylation sites is 2. The van der Waals surface area contributed by atoms with Crippen LogP contribution in [0.15, 0.2) is 59.8 Å². The molecule has 2 aromatic carbocycles. The monoisotopic (exact) mass is 414 g/mol. The van der Waals surface area contributed by atoms with E-state index < -0.39 is 0 Å². The Labute approximate surface area is 172 Å². The van der Waals surface area contributed by atoms with E-state index in [-0.39, 0.29) is 18.3 Å². The zero-order chi connectivity index (χ0) is 19.3. The largest absolute Gasteiger partial charge is 0.484 e. The van der Waals surface area contributed by atoms with Gasteiger partial charge in [-0.1, -0.05) is 53.7 Å². The third-order valence-electron chi connectivity index (χ3n) is 4.23. The number of benzene rings is 2. The van der Waals surface area contributed by atoms with E-state index in [0.29, 0.717) is 16.8 Å². The van der Waals surface area contributed by atoms with Gasteiger partial charge in [-0.2, -0.15) is 0 Å². The number of nitrogens with zero attached hydrogens (tertiary/aromatic N) is 3. The van der Waals surface area contributed by atoms with Crippen molar-refractivity contribution in [3.63, 3.8) is 0 Å². The Kier molecular flexibility index (Phi) is 5.83. The van der Waals surface area contributed by atoms with E-state index in [1.165, 1.54) is 11.8 Å². The summed E-state index contributed by atoms with van der Waals surface area (Å²) in [5.74, 6) is 1.56. The third kappa shape index (κ3) is 4.66. The summed E-state index contributed by atoms with van der Waals surface area (Å²) in [6.07, 6.45) is 2.17. The van der Waals surface area contributed by atoms with Gasteiger partial charge in [-0.05, 0) is 37.1 Å². The van der Waals surface area contributed by atoms with Gasteiger partial charge in [0.15, 0.2) is 11.0 Å². The van der Waals surface area contributed by atoms with Gasteiger partial charge in [0.05, 0.1) is 10.8 Å². The summed E-state index contributed by atoms with van der Waals surface area (Å²) in [4.78, 5) is 12.2. The number of carbonyl (C=O) groups excluding carboxylic acids is 1. The normalized spacial score (nSPS) is 13.3. The first-order valence-electron chi connectivity index (χ1n) is 8.99. The van der Waals surface area contributed by atoms with Gasteiger partial charge in [0.1, 0.15) is 12.4 Å². The van der Waals surface area contributed by atoms with Crippen LogP contribution in [0.2, 0.25) is 5.02 Å². The van der Waals surface area contributed by atoms with Crippen molar-refractivity contribution in [3.8, 4) is 5.75 Å². The fraction of sp³-hybridized carbons (Fsp3) is 0.250. The molecule has 0 atom stereocenters. The van der Waals surface area contributed by atoms with Gasteiger partial charge in [-0.3, -0.25) is 9.36 Å². The molecule has 1 amide bonds. The van der Waals surface area contributed by atoms with E-state index >= 15 is 0 Å². The Morgan fingerprint density at radius 2 is 1.89 bits per heavy atom. The first-order chi connectivity index (χ1) is 13.7. The van der Waals surface area contributed by atoms with Crippen LogP contribution >= 0.6 is 23.4 Å². The Morgan fingerprint density at radius 3 is 2.64 bits per heavy atom. The molecule has 1 aromatic heterocycles. The van der Waals surface area contributed by atoms with Gasteiger partial charge in [-0.15, -0.1) is 10.2 Å². The van der Waals surface area contributed by atoms with E-state index in [0.717, 1.165) is 29.5 Å². The van der Waals surface area contributed by atoms with Gasteiger partial charge < -0.3 is 10.1 Å². The van der Waals surface area contributed by atoms with Gasteiger partial charge in [0.25, 0.3) is 0 Å². The number of hydrogen-bond acceptors (Lipinski definition) is 5. The highest BCUT2D eigenvalue weighted by molar-refractivity contribution is 7.99. The predicted octanol–water partition coefficient (Wildman–Crippen LogP) is 4.58. The second-order valence-corrected chi connectivity index (χ2v) is 7.77. The molecule has 3 aromatic rings. The lowest BCUT2D eigenvalue weighted by Gasteiger charge is -2.11. The molecule has 0 unspecified atom stereocenters. The maximum atomic E-state index is 12.2. The fourth-order valence-electron chi connectivity index (χ4n) is 2.76. The summed E-state index contributed by atoms with van der Waals surface area (Å²) in [6, 6.07) is 17.1. The molecule has 1 aliphatic carbocycles. The summed E-state index contributed by atoms with van der Waals surface area (Å²) in [5.41, 5.74) is 0.783. The van der Waals surface area contributed by atoms with Crippen molar-refractivity contribution in [2.24, 2.45) is 0 Å². The van der Waals surface area contributed by atoms with E-state index in [2.05, 4.69) is 20.1 Å². The number of carbonyl (C=O) groups is 1. The highest BCUT2D eigenvalue weighted by Gasteiger charge is 2.30. The highest BCUT2D eigenvalue weighted by Crippen LogP contribution is 2.39. The quantitative estimate of drug-likeness (QED) is 0.546. The zero-order valence-corrected chi connectivity index (χ0v) is 16.6. The van der Waals surface area contributed by atoms with E-state index in [1.807, 2.05) is 48.5 Å². The number of thioether (sulfide) groups is 1. The first-order valence-corrected chi connectivity index (χ1v) is 10.4. The lowest BCUT2D eigenvalue weighted by Crippen LogP contribution is -2.14. The number of amides is 1. The smallest absolute Gasteiger partial charge is 0.234 e. The number of rotatable bonds is 8. The van der Waals surface area contributed by atoms with Crippen molar-refractivity contribution >= 4 is 35.0 Å². The molecule has 1 heterocycles. The van der Waals surface area contributed by atoms with Crippen molar-refractivity contribution in [1.82, 2.24) is 14.8 Å². The Bertz CT molecular complexity index is 960. The van der Waals surface area contributed by atoms with Crippen LogP contribution in [0.4, 0.5) is 5.69 Å². The van der Waals surface area contributed by atoms with Crippen LogP contribution in [0.1, 0.15) is 24.7 Å². The van der Waals surface area contributed by atoms with Gasteiger partial charge in [0, 0.05) is 11.7 Å².